The number of alkyl halides is 3. The van der Waals surface area contributed by atoms with Crippen LogP contribution in [0.3, 0.4) is 0 Å². The Morgan fingerprint density at radius 3 is 2.33 bits per heavy atom. The zero-order valence-corrected chi connectivity index (χ0v) is 12.7. The summed E-state index contributed by atoms with van der Waals surface area (Å²) in [4.78, 5) is 0. The summed E-state index contributed by atoms with van der Waals surface area (Å²) in [6.07, 6.45) is -1.97. The number of halogens is 4. The zero-order valence-electron chi connectivity index (χ0n) is 12.7. The Morgan fingerprint density at radius 1 is 1.14 bits per heavy atom. The van der Waals surface area contributed by atoms with Crippen LogP contribution in [0.2, 0.25) is 0 Å². The second kappa shape index (κ2) is 7.78. The largest absolute Gasteiger partial charge is 0.419 e. The van der Waals surface area contributed by atoms with Gasteiger partial charge >= 0.3 is 6.18 Å². The first-order valence-electron chi connectivity index (χ1n) is 7.35. The van der Waals surface area contributed by atoms with Gasteiger partial charge in [-0.25, -0.2) is 4.39 Å². The molecule has 0 aliphatic rings. The molecule has 0 aliphatic carbocycles. The first-order chi connectivity index (χ1) is 9.75. The minimum absolute atomic E-state index is 0.171. The van der Waals surface area contributed by atoms with Crippen molar-refractivity contribution >= 4 is 0 Å². The van der Waals surface area contributed by atoms with Gasteiger partial charge in [-0.15, -0.1) is 0 Å². The normalized spacial score (nSPS) is 13.7. The van der Waals surface area contributed by atoms with Gasteiger partial charge in [-0.3, -0.25) is 0 Å². The molecular weight excluding hydrogens is 282 g/mol. The van der Waals surface area contributed by atoms with Crippen molar-refractivity contribution in [3.63, 3.8) is 0 Å². The average Bonchev–Trinajstić information content (AvgIpc) is 2.36. The van der Waals surface area contributed by atoms with E-state index in [0.29, 0.717) is 18.0 Å². The first kappa shape index (κ1) is 18.0. The third-order valence-corrected chi connectivity index (χ3v) is 3.42. The lowest BCUT2D eigenvalue weighted by Crippen LogP contribution is -2.22. The molecule has 1 aromatic carbocycles. The van der Waals surface area contributed by atoms with Crippen molar-refractivity contribution in [1.29, 1.82) is 0 Å². The maximum Gasteiger partial charge on any atom is 0.419 e. The number of rotatable bonds is 7. The summed E-state index contributed by atoms with van der Waals surface area (Å²) in [6.45, 7) is 6.79. The Bertz CT molecular complexity index is 440. The highest BCUT2D eigenvalue weighted by Crippen LogP contribution is 2.33. The maximum absolute atomic E-state index is 13.3. The summed E-state index contributed by atoms with van der Waals surface area (Å²) in [7, 11) is 0. The Balaban J connectivity index is 2.92. The lowest BCUT2D eigenvalue weighted by atomic mass is 9.96. The van der Waals surface area contributed by atoms with Gasteiger partial charge in [-0.2, -0.15) is 13.2 Å². The maximum atomic E-state index is 13.3. The molecule has 21 heavy (non-hydrogen) atoms. The molecule has 1 unspecified atom stereocenters. The highest BCUT2D eigenvalue weighted by Gasteiger charge is 2.34. The molecule has 5 heteroatoms. The van der Waals surface area contributed by atoms with Crippen LogP contribution < -0.4 is 5.32 Å². The third-order valence-electron chi connectivity index (χ3n) is 3.42. The van der Waals surface area contributed by atoms with Gasteiger partial charge in [0, 0.05) is 6.04 Å². The van der Waals surface area contributed by atoms with Crippen LogP contribution in [0.1, 0.15) is 57.2 Å². The molecule has 0 spiro atoms. The van der Waals surface area contributed by atoms with Gasteiger partial charge in [0.1, 0.15) is 5.82 Å². The molecule has 0 aromatic heterocycles. The zero-order chi connectivity index (χ0) is 16.0. The lowest BCUT2D eigenvalue weighted by Gasteiger charge is -2.20. The Morgan fingerprint density at radius 2 is 1.81 bits per heavy atom. The predicted octanol–water partition coefficient (Wildman–Crippen LogP) is 5.32. The van der Waals surface area contributed by atoms with Crippen LogP contribution >= 0.6 is 0 Å². The Kier molecular flexibility index (Phi) is 6.65. The van der Waals surface area contributed by atoms with Gasteiger partial charge in [-0.05, 0) is 36.6 Å². The molecular formula is C16H23F4N. The summed E-state index contributed by atoms with van der Waals surface area (Å²) in [5.41, 5.74) is -0.693. The first-order valence-corrected chi connectivity index (χ1v) is 7.35. The van der Waals surface area contributed by atoms with Crippen molar-refractivity contribution in [2.75, 3.05) is 6.54 Å². The third kappa shape index (κ3) is 5.65. The van der Waals surface area contributed by atoms with Gasteiger partial charge in [0.15, 0.2) is 0 Å². The summed E-state index contributed by atoms with van der Waals surface area (Å²) >= 11 is 0. The van der Waals surface area contributed by atoms with Crippen molar-refractivity contribution < 1.29 is 17.6 Å². The molecule has 0 bridgehead atoms. The SMILES string of the molecule is CCNC(CCCC(C)C)c1ccc(F)c(C(F)(F)F)c1. The smallest absolute Gasteiger partial charge is 0.310 e. The fraction of sp³-hybridized carbons (Fsp3) is 0.625. The molecule has 120 valence electrons. The van der Waals surface area contributed by atoms with Crippen molar-refractivity contribution in [1.82, 2.24) is 5.32 Å². The second-order valence-corrected chi connectivity index (χ2v) is 5.67. The number of nitrogens with one attached hydrogen (secondary N) is 1. The van der Waals surface area contributed by atoms with Crippen molar-refractivity contribution in [2.24, 2.45) is 5.92 Å². The number of hydrogen-bond acceptors (Lipinski definition) is 1. The summed E-state index contributed by atoms with van der Waals surface area (Å²) < 4.78 is 51.7. The Labute approximate surface area is 123 Å². The van der Waals surface area contributed by atoms with Crippen LogP contribution in [-0.2, 0) is 6.18 Å². The van der Waals surface area contributed by atoms with Crippen molar-refractivity contribution in [2.45, 2.75) is 52.3 Å². The minimum Gasteiger partial charge on any atom is -0.310 e. The molecule has 0 aliphatic heterocycles. The molecule has 0 radical (unpaired) electrons. The van der Waals surface area contributed by atoms with Crippen LogP contribution in [0.15, 0.2) is 18.2 Å². The van der Waals surface area contributed by atoms with E-state index in [1.165, 1.54) is 6.07 Å². The fourth-order valence-corrected chi connectivity index (χ4v) is 2.34. The van der Waals surface area contributed by atoms with Crippen molar-refractivity contribution in [3.05, 3.63) is 35.1 Å². The Hall–Kier alpha value is -1.10. The van der Waals surface area contributed by atoms with Gasteiger partial charge in [0.05, 0.1) is 5.56 Å². The molecule has 1 atom stereocenters. The second-order valence-electron chi connectivity index (χ2n) is 5.67. The summed E-state index contributed by atoms with van der Waals surface area (Å²) in [5.74, 6) is -0.657. The fourth-order valence-electron chi connectivity index (χ4n) is 2.34. The topological polar surface area (TPSA) is 12.0 Å². The molecule has 1 nitrogen and oxygen atoms in total. The van der Waals surface area contributed by atoms with E-state index in [4.69, 9.17) is 0 Å². The molecule has 1 N–H and O–H groups in total. The van der Waals surface area contributed by atoms with Gasteiger partial charge in [-0.1, -0.05) is 39.7 Å². The quantitative estimate of drug-likeness (QED) is 0.672. The highest BCUT2D eigenvalue weighted by molar-refractivity contribution is 5.29. The lowest BCUT2D eigenvalue weighted by molar-refractivity contribution is -0.140. The van der Waals surface area contributed by atoms with E-state index < -0.39 is 17.6 Å². The van der Waals surface area contributed by atoms with Crippen LogP contribution in [0.4, 0.5) is 17.6 Å². The van der Waals surface area contributed by atoms with E-state index in [1.807, 2.05) is 6.92 Å². The predicted molar refractivity (Wildman–Crippen MR) is 76.5 cm³/mol. The van der Waals surface area contributed by atoms with Crippen LogP contribution in [0.25, 0.3) is 0 Å². The number of hydrogen-bond donors (Lipinski definition) is 1. The monoisotopic (exact) mass is 305 g/mol. The minimum atomic E-state index is -4.66. The highest BCUT2D eigenvalue weighted by atomic mass is 19.4. The van der Waals surface area contributed by atoms with E-state index in [2.05, 4.69) is 19.2 Å². The van der Waals surface area contributed by atoms with E-state index in [-0.39, 0.29) is 6.04 Å². The number of benzene rings is 1. The molecule has 0 amide bonds. The average molecular weight is 305 g/mol. The van der Waals surface area contributed by atoms with Crippen LogP contribution in [-0.4, -0.2) is 6.54 Å². The standard InChI is InChI=1S/C16H23F4N/c1-4-21-15(7-5-6-11(2)3)12-8-9-14(17)13(10-12)16(18,19)20/h8-11,15,21H,4-7H2,1-3H3. The van der Waals surface area contributed by atoms with Crippen LogP contribution in [0, 0.1) is 11.7 Å². The van der Waals surface area contributed by atoms with Crippen molar-refractivity contribution in [3.8, 4) is 0 Å². The van der Waals surface area contributed by atoms with E-state index >= 15 is 0 Å². The molecule has 0 saturated carbocycles. The van der Waals surface area contributed by atoms with Gasteiger partial charge in [0.2, 0.25) is 0 Å². The molecule has 0 fully saturated rings. The molecule has 0 heterocycles. The van der Waals surface area contributed by atoms with Crippen LogP contribution in [0.5, 0.6) is 0 Å². The van der Waals surface area contributed by atoms with Gasteiger partial charge < -0.3 is 5.32 Å². The van der Waals surface area contributed by atoms with E-state index in [1.54, 1.807) is 0 Å². The van der Waals surface area contributed by atoms with E-state index in [9.17, 15) is 17.6 Å². The molecule has 1 rings (SSSR count). The molecule has 1 aromatic rings. The van der Waals surface area contributed by atoms with Gasteiger partial charge in [0.25, 0.3) is 0 Å². The van der Waals surface area contributed by atoms with E-state index in [0.717, 1.165) is 31.4 Å². The molecule has 0 saturated heterocycles. The summed E-state index contributed by atoms with van der Waals surface area (Å²) in [6, 6.07) is 3.10. The summed E-state index contributed by atoms with van der Waals surface area (Å²) in [5, 5.41) is 3.18.